The summed E-state index contributed by atoms with van der Waals surface area (Å²) in [7, 11) is 6.96. The summed E-state index contributed by atoms with van der Waals surface area (Å²) in [5.41, 5.74) is 8.80. The van der Waals surface area contributed by atoms with E-state index in [1.54, 1.807) is 32.7 Å². The van der Waals surface area contributed by atoms with Crippen LogP contribution >= 0.6 is 11.3 Å². The van der Waals surface area contributed by atoms with Crippen LogP contribution in [-0.2, 0) is 25.8 Å². The molecule has 0 saturated carbocycles. The Morgan fingerprint density at radius 2 is 1.91 bits per heavy atom. The van der Waals surface area contributed by atoms with E-state index in [0.29, 0.717) is 29.6 Å². The Kier molecular flexibility index (Phi) is 6.71. The van der Waals surface area contributed by atoms with Crippen LogP contribution < -0.4 is 19.9 Å². The SMILES string of the molecule is COc1ccc(CN(C)CCc2nc(N)c3c4c(sc3n2)C[C@@H](C)CC4)c(OC)c1OC. The number of hydrogen-bond acceptors (Lipinski definition) is 8. The summed E-state index contributed by atoms with van der Waals surface area (Å²) >= 11 is 1.79. The number of nitrogens with zero attached hydrogens (tertiary/aromatic N) is 3. The third-order valence-corrected chi connectivity index (χ3v) is 7.32. The number of benzene rings is 1. The Morgan fingerprint density at radius 1 is 1.12 bits per heavy atom. The fourth-order valence-electron chi connectivity index (χ4n) is 4.48. The monoisotopic (exact) mass is 456 g/mol. The molecule has 1 aromatic carbocycles. The topological polar surface area (TPSA) is 82.7 Å². The van der Waals surface area contributed by atoms with Crippen LogP contribution in [0.3, 0.4) is 0 Å². The van der Waals surface area contributed by atoms with Crippen LogP contribution in [0.25, 0.3) is 10.2 Å². The number of nitrogen functional groups attached to an aromatic ring is 1. The number of rotatable bonds is 8. The lowest BCUT2D eigenvalue weighted by Crippen LogP contribution is -2.22. The Morgan fingerprint density at radius 3 is 2.62 bits per heavy atom. The number of ether oxygens (including phenoxy) is 3. The molecule has 3 aromatic rings. The van der Waals surface area contributed by atoms with E-state index in [1.165, 1.54) is 16.9 Å². The molecule has 0 aliphatic heterocycles. The molecule has 0 unspecified atom stereocenters. The highest BCUT2D eigenvalue weighted by molar-refractivity contribution is 7.19. The zero-order chi connectivity index (χ0) is 22.8. The van der Waals surface area contributed by atoms with Gasteiger partial charge in [-0.3, -0.25) is 0 Å². The Hall–Kier alpha value is -2.58. The van der Waals surface area contributed by atoms with Crippen LogP contribution in [0.5, 0.6) is 17.2 Å². The number of aryl methyl sites for hydroxylation is 1. The van der Waals surface area contributed by atoms with E-state index < -0.39 is 0 Å². The molecule has 0 fully saturated rings. The van der Waals surface area contributed by atoms with E-state index in [2.05, 4.69) is 23.9 Å². The molecule has 0 radical (unpaired) electrons. The molecule has 1 aliphatic rings. The first-order chi connectivity index (χ1) is 15.4. The molecule has 0 spiro atoms. The fraction of sp³-hybridized carbons (Fsp3) is 0.500. The number of hydrogen-bond donors (Lipinski definition) is 1. The van der Waals surface area contributed by atoms with E-state index in [0.717, 1.165) is 53.3 Å². The van der Waals surface area contributed by atoms with E-state index in [1.807, 2.05) is 12.1 Å². The number of nitrogens with two attached hydrogens (primary N) is 1. The maximum Gasteiger partial charge on any atom is 0.203 e. The predicted molar refractivity (Wildman–Crippen MR) is 129 cm³/mol. The molecular weight excluding hydrogens is 424 g/mol. The molecule has 7 nitrogen and oxygen atoms in total. The molecule has 1 aliphatic carbocycles. The van der Waals surface area contributed by atoms with Crippen molar-refractivity contribution >= 4 is 27.4 Å². The lowest BCUT2D eigenvalue weighted by Gasteiger charge is -2.20. The normalized spacial score (nSPS) is 15.8. The van der Waals surface area contributed by atoms with E-state index in [4.69, 9.17) is 24.9 Å². The number of methoxy groups -OCH3 is 3. The number of fused-ring (bicyclic) bond motifs is 3. The standard InChI is InChI=1S/C24H32N4O3S/c1-14-6-8-16-18(12-14)32-24-20(16)23(25)26-19(27-24)10-11-28(2)13-15-7-9-17(29-3)22(31-5)21(15)30-4/h7,9,14H,6,8,10-13H2,1-5H3,(H2,25,26,27)/t14-/m0/s1. The van der Waals surface area contributed by atoms with Gasteiger partial charge in [-0.05, 0) is 43.9 Å². The van der Waals surface area contributed by atoms with Crippen molar-refractivity contribution in [1.29, 1.82) is 0 Å². The molecule has 8 heteroatoms. The molecule has 2 N–H and O–H groups in total. The van der Waals surface area contributed by atoms with Crippen molar-refractivity contribution in [2.24, 2.45) is 5.92 Å². The average Bonchev–Trinajstić information content (AvgIpc) is 3.14. The molecule has 172 valence electrons. The zero-order valence-electron chi connectivity index (χ0n) is 19.5. The summed E-state index contributed by atoms with van der Waals surface area (Å²) in [6.45, 7) is 3.81. The van der Waals surface area contributed by atoms with Gasteiger partial charge in [0.1, 0.15) is 16.5 Å². The van der Waals surface area contributed by atoms with Gasteiger partial charge >= 0.3 is 0 Å². The molecule has 4 rings (SSSR count). The number of anilines is 1. The van der Waals surface area contributed by atoms with E-state index >= 15 is 0 Å². The quantitative estimate of drug-likeness (QED) is 0.546. The molecule has 0 saturated heterocycles. The van der Waals surface area contributed by atoms with E-state index in [-0.39, 0.29) is 0 Å². The van der Waals surface area contributed by atoms with Gasteiger partial charge in [-0.15, -0.1) is 11.3 Å². The third-order valence-electron chi connectivity index (χ3n) is 6.17. The van der Waals surface area contributed by atoms with E-state index in [9.17, 15) is 0 Å². The van der Waals surface area contributed by atoms with Gasteiger partial charge in [-0.1, -0.05) is 13.0 Å². The molecule has 1 atom stereocenters. The first-order valence-electron chi connectivity index (χ1n) is 11.0. The van der Waals surface area contributed by atoms with Gasteiger partial charge in [-0.2, -0.15) is 0 Å². The number of aromatic nitrogens is 2. The van der Waals surface area contributed by atoms with Crippen molar-refractivity contribution in [1.82, 2.24) is 14.9 Å². The average molecular weight is 457 g/mol. The van der Waals surface area contributed by atoms with Gasteiger partial charge in [-0.25, -0.2) is 9.97 Å². The van der Waals surface area contributed by atoms with Gasteiger partial charge in [0.2, 0.25) is 5.75 Å². The van der Waals surface area contributed by atoms with Crippen molar-refractivity contribution in [2.75, 3.05) is 40.7 Å². The maximum absolute atomic E-state index is 6.39. The molecule has 0 bridgehead atoms. The first-order valence-corrected chi connectivity index (χ1v) is 11.8. The Bertz CT molecular complexity index is 1110. The van der Waals surface area contributed by atoms with Gasteiger partial charge in [0, 0.05) is 30.0 Å². The lowest BCUT2D eigenvalue weighted by molar-refractivity contribution is 0.301. The van der Waals surface area contributed by atoms with Crippen LogP contribution in [-0.4, -0.2) is 49.8 Å². The molecule has 32 heavy (non-hydrogen) atoms. The number of likely N-dealkylation sites (N-methyl/N-ethyl adjacent to an activating group) is 1. The second-order valence-electron chi connectivity index (χ2n) is 8.54. The second-order valence-corrected chi connectivity index (χ2v) is 9.62. The van der Waals surface area contributed by atoms with Crippen LogP contribution in [0.15, 0.2) is 12.1 Å². The van der Waals surface area contributed by atoms with Gasteiger partial charge in [0.05, 0.1) is 26.7 Å². The van der Waals surface area contributed by atoms with Crippen LogP contribution in [0, 0.1) is 5.92 Å². The van der Waals surface area contributed by atoms with Crippen molar-refractivity contribution in [3.8, 4) is 17.2 Å². The summed E-state index contributed by atoms with van der Waals surface area (Å²) in [5, 5.41) is 1.09. The minimum Gasteiger partial charge on any atom is -0.493 e. The molecule has 2 heterocycles. The summed E-state index contributed by atoms with van der Waals surface area (Å²) in [6.07, 6.45) is 4.15. The zero-order valence-corrected chi connectivity index (χ0v) is 20.3. The third kappa shape index (κ3) is 4.34. The van der Waals surface area contributed by atoms with Gasteiger partial charge < -0.3 is 24.8 Å². The van der Waals surface area contributed by atoms with Crippen LogP contribution in [0.1, 0.15) is 35.2 Å². The van der Waals surface area contributed by atoms with Gasteiger partial charge in [0.15, 0.2) is 11.5 Å². The van der Waals surface area contributed by atoms with Crippen molar-refractivity contribution in [2.45, 2.75) is 39.2 Å². The molecule has 2 aromatic heterocycles. The first kappa shape index (κ1) is 22.6. The van der Waals surface area contributed by atoms with Crippen molar-refractivity contribution in [3.05, 3.63) is 34.0 Å². The number of thiophene rings is 1. The molecular formula is C24H32N4O3S. The summed E-state index contributed by atoms with van der Waals surface area (Å²) < 4.78 is 16.5. The van der Waals surface area contributed by atoms with Crippen LogP contribution in [0.4, 0.5) is 5.82 Å². The highest BCUT2D eigenvalue weighted by atomic mass is 32.1. The second kappa shape index (κ2) is 9.50. The minimum absolute atomic E-state index is 0.610. The predicted octanol–water partition coefficient (Wildman–Crippen LogP) is 4.10. The van der Waals surface area contributed by atoms with Crippen molar-refractivity contribution < 1.29 is 14.2 Å². The summed E-state index contributed by atoms with van der Waals surface area (Å²) in [5.74, 6) is 4.11. The Balaban J connectivity index is 1.48. The highest BCUT2D eigenvalue weighted by Crippen LogP contribution is 2.41. The smallest absolute Gasteiger partial charge is 0.203 e. The fourth-order valence-corrected chi connectivity index (χ4v) is 5.89. The maximum atomic E-state index is 6.39. The van der Waals surface area contributed by atoms with Crippen LogP contribution in [0.2, 0.25) is 0 Å². The summed E-state index contributed by atoms with van der Waals surface area (Å²) in [6, 6.07) is 3.91. The highest BCUT2D eigenvalue weighted by Gasteiger charge is 2.23. The lowest BCUT2D eigenvalue weighted by atomic mass is 9.89. The largest absolute Gasteiger partial charge is 0.493 e. The van der Waals surface area contributed by atoms with Crippen molar-refractivity contribution in [3.63, 3.8) is 0 Å². The minimum atomic E-state index is 0.610. The molecule has 0 amide bonds. The summed E-state index contributed by atoms with van der Waals surface area (Å²) in [4.78, 5) is 14.2. The van der Waals surface area contributed by atoms with Gasteiger partial charge in [0.25, 0.3) is 0 Å². The Labute approximate surface area is 193 Å².